The maximum atomic E-state index is 13.3. The Morgan fingerprint density at radius 3 is 2.38 bits per heavy atom. The minimum absolute atomic E-state index is 0.0862. The number of aryl methyl sites for hydroxylation is 2. The van der Waals surface area contributed by atoms with Crippen LogP contribution >= 0.6 is 0 Å². The van der Waals surface area contributed by atoms with Gasteiger partial charge in [-0.3, -0.25) is 14.0 Å². The van der Waals surface area contributed by atoms with Crippen molar-refractivity contribution in [2.75, 3.05) is 0 Å². The summed E-state index contributed by atoms with van der Waals surface area (Å²) in [5.74, 6) is 0.0862. The molecule has 0 unspecified atom stereocenters. The molecule has 5 aromatic rings. The Balaban J connectivity index is 1.69. The summed E-state index contributed by atoms with van der Waals surface area (Å²) in [6.45, 7) is 1.91. The molecule has 5 rings (SSSR count). The van der Waals surface area contributed by atoms with Gasteiger partial charge in [-0.2, -0.15) is 18.3 Å². The molecule has 3 heterocycles. The summed E-state index contributed by atoms with van der Waals surface area (Å²) in [6.07, 6.45) is -2.96. The van der Waals surface area contributed by atoms with E-state index < -0.39 is 23.0 Å². The number of fused-ring (bicyclic) bond motifs is 3. The standard InChI is InChI=1S/C23H19F3N6O2/c1-14-6-8-15(9-7-14)11-30-20(33)19-18(13-29(2)27-19)32-21(30)28-31(22(32)34)12-16-4-3-5-17(10-16)23(24,25)26/h3-10,13H,11-12H2,1-2H3. The van der Waals surface area contributed by atoms with Crippen LogP contribution in [0, 0.1) is 6.92 Å². The Morgan fingerprint density at radius 1 is 0.941 bits per heavy atom. The van der Waals surface area contributed by atoms with Gasteiger partial charge in [0.15, 0.2) is 5.52 Å². The number of hydrogen-bond acceptors (Lipinski definition) is 4. The van der Waals surface area contributed by atoms with E-state index in [2.05, 4.69) is 10.2 Å². The summed E-state index contributed by atoms with van der Waals surface area (Å²) in [5.41, 5.74) is 0.712. The van der Waals surface area contributed by atoms with Crippen LogP contribution in [0.2, 0.25) is 0 Å². The van der Waals surface area contributed by atoms with Crippen LogP contribution in [0.15, 0.2) is 64.3 Å². The molecule has 0 fully saturated rings. The van der Waals surface area contributed by atoms with Crippen LogP contribution in [0.1, 0.15) is 22.3 Å². The van der Waals surface area contributed by atoms with E-state index in [1.54, 1.807) is 7.05 Å². The number of nitrogens with zero attached hydrogens (tertiary/aromatic N) is 6. The van der Waals surface area contributed by atoms with E-state index in [-0.39, 0.29) is 35.5 Å². The summed E-state index contributed by atoms with van der Waals surface area (Å²) in [5, 5.41) is 8.56. The van der Waals surface area contributed by atoms with Crippen molar-refractivity contribution in [3.63, 3.8) is 0 Å². The van der Waals surface area contributed by atoms with Crippen molar-refractivity contribution >= 4 is 16.8 Å². The zero-order valence-electron chi connectivity index (χ0n) is 18.2. The van der Waals surface area contributed by atoms with Crippen molar-refractivity contribution in [3.8, 4) is 0 Å². The van der Waals surface area contributed by atoms with Crippen molar-refractivity contribution in [2.45, 2.75) is 26.2 Å². The predicted molar refractivity (Wildman–Crippen MR) is 119 cm³/mol. The molecule has 11 heteroatoms. The van der Waals surface area contributed by atoms with Gasteiger partial charge in [0.25, 0.3) is 5.56 Å². The van der Waals surface area contributed by atoms with Crippen LogP contribution in [0.4, 0.5) is 13.2 Å². The van der Waals surface area contributed by atoms with E-state index in [9.17, 15) is 22.8 Å². The molecule has 0 saturated heterocycles. The molecule has 0 amide bonds. The van der Waals surface area contributed by atoms with Gasteiger partial charge >= 0.3 is 11.9 Å². The van der Waals surface area contributed by atoms with Crippen LogP contribution in [0.5, 0.6) is 0 Å². The van der Waals surface area contributed by atoms with Crippen molar-refractivity contribution in [1.82, 2.24) is 28.5 Å². The van der Waals surface area contributed by atoms with Crippen LogP contribution in [-0.4, -0.2) is 28.5 Å². The Hall–Kier alpha value is -4.15. The third-order valence-corrected chi connectivity index (χ3v) is 5.61. The fourth-order valence-corrected chi connectivity index (χ4v) is 3.93. The van der Waals surface area contributed by atoms with Gasteiger partial charge in [-0.1, -0.05) is 42.0 Å². The summed E-state index contributed by atoms with van der Waals surface area (Å²) in [7, 11) is 1.63. The molecule has 0 spiro atoms. The number of hydrogen-bond donors (Lipinski definition) is 0. The maximum Gasteiger partial charge on any atom is 0.416 e. The molecule has 2 aromatic carbocycles. The third-order valence-electron chi connectivity index (χ3n) is 5.61. The Labute approximate surface area is 190 Å². The van der Waals surface area contributed by atoms with E-state index >= 15 is 0 Å². The lowest BCUT2D eigenvalue weighted by Gasteiger charge is -2.08. The van der Waals surface area contributed by atoms with Crippen molar-refractivity contribution in [3.05, 3.63) is 97.8 Å². The van der Waals surface area contributed by atoms with Gasteiger partial charge in [0.2, 0.25) is 5.78 Å². The van der Waals surface area contributed by atoms with E-state index in [0.717, 1.165) is 27.9 Å². The second kappa shape index (κ2) is 7.72. The largest absolute Gasteiger partial charge is 0.416 e. The van der Waals surface area contributed by atoms with Crippen LogP contribution in [0.3, 0.4) is 0 Å². The summed E-state index contributed by atoms with van der Waals surface area (Å²) >= 11 is 0. The summed E-state index contributed by atoms with van der Waals surface area (Å²) in [4.78, 5) is 26.5. The maximum absolute atomic E-state index is 13.3. The molecule has 8 nitrogen and oxygen atoms in total. The molecular formula is C23H19F3N6O2. The second-order valence-electron chi connectivity index (χ2n) is 8.19. The second-order valence-corrected chi connectivity index (χ2v) is 8.19. The number of benzene rings is 2. The highest BCUT2D eigenvalue weighted by molar-refractivity contribution is 5.75. The quantitative estimate of drug-likeness (QED) is 0.406. The van der Waals surface area contributed by atoms with E-state index in [1.807, 2.05) is 31.2 Å². The Bertz CT molecular complexity index is 1660. The molecule has 3 aromatic heterocycles. The van der Waals surface area contributed by atoms with Gasteiger partial charge in [-0.15, -0.1) is 5.10 Å². The van der Waals surface area contributed by atoms with Gasteiger partial charge in [0, 0.05) is 13.2 Å². The lowest BCUT2D eigenvalue weighted by molar-refractivity contribution is -0.137. The van der Waals surface area contributed by atoms with E-state index in [1.165, 1.54) is 32.0 Å². The van der Waals surface area contributed by atoms with Gasteiger partial charge in [0.05, 0.1) is 18.7 Å². The van der Waals surface area contributed by atoms with Gasteiger partial charge in [-0.25, -0.2) is 13.9 Å². The lowest BCUT2D eigenvalue weighted by atomic mass is 10.1. The fraction of sp³-hybridized carbons (Fsp3) is 0.217. The molecule has 0 aliphatic carbocycles. The predicted octanol–water partition coefficient (Wildman–Crippen LogP) is 2.97. The lowest BCUT2D eigenvalue weighted by Crippen LogP contribution is -2.26. The molecule has 34 heavy (non-hydrogen) atoms. The molecule has 0 aliphatic rings. The number of aromatic nitrogens is 6. The SMILES string of the molecule is Cc1ccc(Cn2c(=O)c3nn(C)cc3n3c(=O)n(Cc4cccc(C(F)(F)F)c4)nc23)cc1. The van der Waals surface area contributed by atoms with E-state index in [4.69, 9.17) is 0 Å². The average Bonchev–Trinajstić information content (AvgIpc) is 3.32. The molecule has 0 N–H and O–H groups in total. The topological polar surface area (TPSA) is 79.1 Å². The Kier molecular flexibility index (Phi) is 4.92. The minimum Gasteiger partial charge on any atom is -0.273 e. The van der Waals surface area contributed by atoms with Crippen LogP contribution in [-0.2, 0) is 26.3 Å². The van der Waals surface area contributed by atoms with Crippen molar-refractivity contribution in [1.29, 1.82) is 0 Å². The molecule has 174 valence electrons. The minimum atomic E-state index is -4.50. The average molecular weight is 468 g/mol. The first-order chi connectivity index (χ1) is 16.1. The normalized spacial score (nSPS) is 12.1. The Morgan fingerprint density at radius 2 is 1.68 bits per heavy atom. The zero-order chi connectivity index (χ0) is 24.2. The smallest absolute Gasteiger partial charge is 0.273 e. The highest BCUT2D eigenvalue weighted by atomic mass is 19.4. The highest BCUT2D eigenvalue weighted by Crippen LogP contribution is 2.29. The van der Waals surface area contributed by atoms with Crippen LogP contribution in [0.25, 0.3) is 16.8 Å². The summed E-state index contributed by atoms with van der Waals surface area (Å²) in [6, 6.07) is 12.3. The molecular weight excluding hydrogens is 449 g/mol. The molecule has 0 aliphatic heterocycles. The van der Waals surface area contributed by atoms with E-state index in [0.29, 0.717) is 0 Å². The molecule has 0 saturated carbocycles. The molecule has 0 atom stereocenters. The number of rotatable bonds is 4. The molecule has 0 bridgehead atoms. The first kappa shape index (κ1) is 21.7. The van der Waals surface area contributed by atoms with Gasteiger partial charge < -0.3 is 0 Å². The molecule has 0 radical (unpaired) electrons. The summed E-state index contributed by atoms with van der Waals surface area (Å²) < 4.78 is 44.5. The fourth-order valence-electron chi connectivity index (χ4n) is 3.93. The first-order valence-corrected chi connectivity index (χ1v) is 10.4. The number of alkyl halides is 3. The monoisotopic (exact) mass is 468 g/mol. The number of halogens is 3. The first-order valence-electron chi connectivity index (χ1n) is 10.4. The highest BCUT2D eigenvalue weighted by Gasteiger charge is 2.30. The third kappa shape index (κ3) is 3.68. The van der Waals surface area contributed by atoms with Gasteiger partial charge in [0.1, 0.15) is 5.52 Å². The van der Waals surface area contributed by atoms with Crippen LogP contribution < -0.4 is 11.2 Å². The van der Waals surface area contributed by atoms with Crippen molar-refractivity contribution in [2.24, 2.45) is 7.05 Å². The zero-order valence-corrected chi connectivity index (χ0v) is 18.2. The van der Waals surface area contributed by atoms with Gasteiger partial charge in [-0.05, 0) is 30.2 Å². The van der Waals surface area contributed by atoms with Crippen molar-refractivity contribution < 1.29 is 13.2 Å².